The molecule has 1 heterocycles. The fraction of sp³-hybridized carbons (Fsp3) is 0. The van der Waals surface area contributed by atoms with Gasteiger partial charge in [-0.05, 0) is 36.4 Å². The monoisotopic (exact) mass is 299 g/mol. The molecule has 3 N–H and O–H groups in total. The van der Waals surface area contributed by atoms with Crippen LogP contribution >= 0.6 is 0 Å². The zero-order valence-electron chi connectivity index (χ0n) is 11.1. The summed E-state index contributed by atoms with van der Waals surface area (Å²) in [7, 11) is 0. The molecule has 0 aliphatic rings. The number of hydrogen-bond donors (Lipinski definition) is 3. The van der Waals surface area contributed by atoms with Crippen LogP contribution in [0.25, 0.3) is 11.0 Å². The van der Waals surface area contributed by atoms with E-state index in [1.807, 2.05) is 0 Å². The zero-order chi connectivity index (χ0) is 15.7. The molecule has 0 aliphatic carbocycles. The van der Waals surface area contributed by atoms with E-state index in [0.29, 0.717) is 16.7 Å². The Hall–Kier alpha value is -3.22. The van der Waals surface area contributed by atoms with Gasteiger partial charge in [0.25, 0.3) is 5.91 Å². The fourth-order valence-corrected chi connectivity index (χ4v) is 2.03. The van der Waals surface area contributed by atoms with Crippen molar-refractivity contribution < 1.29 is 9.18 Å². The number of carbonyl (C=O) groups excluding carboxylic acids is 1. The van der Waals surface area contributed by atoms with E-state index in [2.05, 4.69) is 15.3 Å². The molecule has 0 fully saturated rings. The quantitative estimate of drug-likeness (QED) is 0.627. The molecule has 22 heavy (non-hydrogen) atoms. The zero-order valence-corrected chi connectivity index (χ0v) is 11.1. The van der Waals surface area contributed by atoms with Crippen molar-refractivity contribution in [2.75, 3.05) is 5.32 Å². The number of rotatable bonds is 2. The summed E-state index contributed by atoms with van der Waals surface area (Å²) in [6.45, 7) is 0. The molecule has 0 unspecified atom stereocenters. The lowest BCUT2D eigenvalue weighted by Crippen LogP contribution is -2.28. The summed E-state index contributed by atoms with van der Waals surface area (Å²) >= 11 is 0. The molecule has 0 bridgehead atoms. The lowest BCUT2D eigenvalue weighted by atomic mass is 10.2. The Morgan fingerprint density at radius 2 is 1.68 bits per heavy atom. The van der Waals surface area contributed by atoms with Crippen molar-refractivity contribution in [2.24, 2.45) is 0 Å². The van der Waals surface area contributed by atoms with Crippen molar-refractivity contribution in [3.05, 3.63) is 74.6 Å². The molecule has 7 heteroatoms. The summed E-state index contributed by atoms with van der Waals surface area (Å²) < 4.78 is 13.1. The number of nitrogens with one attached hydrogen (secondary N) is 3. The highest BCUT2D eigenvalue weighted by atomic mass is 19.1. The lowest BCUT2D eigenvalue weighted by molar-refractivity contribution is 0.102. The molecule has 0 saturated heterocycles. The summed E-state index contributed by atoms with van der Waals surface area (Å²) in [6.07, 6.45) is 0. The van der Waals surface area contributed by atoms with Crippen LogP contribution in [0.2, 0.25) is 0 Å². The molecule has 1 amide bonds. The van der Waals surface area contributed by atoms with Crippen LogP contribution in [0.5, 0.6) is 0 Å². The third-order valence-electron chi connectivity index (χ3n) is 3.07. The molecule has 0 saturated carbocycles. The Kier molecular flexibility index (Phi) is 3.30. The van der Waals surface area contributed by atoms with Crippen LogP contribution in [0.15, 0.2) is 52.1 Å². The maximum absolute atomic E-state index is 13.1. The molecular weight excluding hydrogens is 289 g/mol. The van der Waals surface area contributed by atoms with Crippen molar-refractivity contribution in [1.29, 1.82) is 0 Å². The number of halogens is 1. The molecule has 110 valence electrons. The van der Waals surface area contributed by atoms with Crippen LogP contribution in [0.1, 0.15) is 10.4 Å². The average molecular weight is 299 g/mol. The number of carbonyl (C=O) groups is 1. The highest BCUT2D eigenvalue weighted by molar-refractivity contribution is 6.04. The smallest absolute Gasteiger partial charge is 0.314 e. The van der Waals surface area contributed by atoms with E-state index in [1.165, 1.54) is 24.3 Å². The minimum absolute atomic E-state index is 0.176. The second-order valence-corrected chi connectivity index (χ2v) is 4.63. The minimum Gasteiger partial charge on any atom is -0.322 e. The summed E-state index contributed by atoms with van der Waals surface area (Å²) in [5.41, 5.74) is -0.125. The van der Waals surface area contributed by atoms with E-state index in [1.54, 1.807) is 12.1 Å². The Bertz CT molecular complexity index is 991. The first kappa shape index (κ1) is 13.7. The number of aromatic nitrogens is 2. The van der Waals surface area contributed by atoms with Crippen LogP contribution in [-0.2, 0) is 0 Å². The highest BCUT2D eigenvalue weighted by Gasteiger charge is 2.08. The molecule has 2 aromatic carbocycles. The summed E-state index contributed by atoms with van der Waals surface area (Å²) in [4.78, 5) is 39.3. The van der Waals surface area contributed by atoms with Gasteiger partial charge in [0.15, 0.2) is 0 Å². The van der Waals surface area contributed by atoms with Crippen LogP contribution < -0.4 is 16.4 Å². The molecule has 6 nitrogen and oxygen atoms in total. The van der Waals surface area contributed by atoms with Gasteiger partial charge in [0.2, 0.25) is 0 Å². The van der Waals surface area contributed by atoms with Gasteiger partial charge in [0.05, 0.1) is 11.0 Å². The van der Waals surface area contributed by atoms with Crippen LogP contribution in [0.4, 0.5) is 10.1 Å². The second-order valence-electron chi connectivity index (χ2n) is 4.63. The van der Waals surface area contributed by atoms with Crippen LogP contribution in [0, 0.1) is 5.82 Å². The van der Waals surface area contributed by atoms with Gasteiger partial charge in [-0.3, -0.25) is 14.4 Å². The third-order valence-corrected chi connectivity index (χ3v) is 3.07. The fourth-order valence-electron chi connectivity index (χ4n) is 2.03. The predicted molar refractivity (Wildman–Crippen MR) is 79.5 cm³/mol. The van der Waals surface area contributed by atoms with Crippen molar-refractivity contribution in [1.82, 2.24) is 9.97 Å². The van der Waals surface area contributed by atoms with Crippen molar-refractivity contribution in [2.45, 2.75) is 0 Å². The van der Waals surface area contributed by atoms with Gasteiger partial charge in [0, 0.05) is 11.3 Å². The summed E-state index contributed by atoms with van der Waals surface area (Å²) in [6, 6.07) is 9.90. The maximum atomic E-state index is 13.1. The average Bonchev–Trinajstić information content (AvgIpc) is 2.49. The van der Waals surface area contributed by atoms with Gasteiger partial charge in [-0.25, -0.2) is 4.39 Å². The van der Waals surface area contributed by atoms with E-state index < -0.39 is 22.8 Å². The Morgan fingerprint density at radius 3 is 2.41 bits per heavy atom. The van der Waals surface area contributed by atoms with E-state index in [0.717, 1.165) is 6.07 Å². The van der Waals surface area contributed by atoms with Crippen LogP contribution in [0.3, 0.4) is 0 Å². The largest absolute Gasteiger partial charge is 0.322 e. The Morgan fingerprint density at radius 1 is 0.955 bits per heavy atom. The first-order valence-corrected chi connectivity index (χ1v) is 6.36. The third kappa shape index (κ3) is 2.64. The van der Waals surface area contributed by atoms with Gasteiger partial charge >= 0.3 is 11.1 Å². The number of H-pyrrole nitrogens is 2. The van der Waals surface area contributed by atoms with Gasteiger partial charge in [0.1, 0.15) is 5.82 Å². The molecule has 3 aromatic rings. The van der Waals surface area contributed by atoms with Gasteiger partial charge in [-0.2, -0.15) is 0 Å². The van der Waals surface area contributed by atoms with E-state index in [4.69, 9.17) is 0 Å². The SMILES string of the molecule is O=C(Nc1ccc2[nH]c(=O)c(=O)[nH]c2c1)c1cccc(F)c1. The van der Waals surface area contributed by atoms with Gasteiger partial charge in [-0.15, -0.1) is 0 Å². The van der Waals surface area contributed by atoms with Crippen molar-refractivity contribution in [3.63, 3.8) is 0 Å². The molecule has 0 spiro atoms. The minimum atomic E-state index is -0.777. The molecule has 0 radical (unpaired) electrons. The van der Waals surface area contributed by atoms with Gasteiger partial charge < -0.3 is 15.3 Å². The van der Waals surface area contributed by atoms with E-state index in [-0.39, 0.29) is 5.56 Å². The molecule has 3 rings (SSSR count). The summed E-state index contributed by atoms with van der Waals surface area (Å²) in [5.74, 6) is -0.987. The standard InChI is InChI=1S/C15H10FN3O3/c16-9-3-1-2-8(6-9)13(20)17-10-4-5-11-12(7-10)19-15(22)14(21)18-11/h1-7H,(H,17,20)(H,18,21)(H,19,22). The van der Waals surface area contributed by atoms with E-state index in [9.17, 15) is 18.8 Å². The molecule has 0 atom stereocenters. The highest BCUT2D eigenvalue weighted by Crippen LogP contribution is 2.15. The topological polar surface area (TPSA) is 94.8 Å². The number of aromatic amines is 2. The number of amides is 1. The predicted octanol–water partition coefficient (Wildman–Crippen LogP) is 1.61. The van der Waals surface area contributed by atoms with Gasteiger partial charge in [-0.1, -0.05) is 6.07 Å². The molecule has 1 aromatic heterocycles. The molecular formula is C15H10FN3O3. The van der Waals surface area contributed by atoms with Crippen molar-refractivity contribution in [3.8, 4) is 0 Å². The van der Waals surface area contributed by atoms with Crippen molar-refractivity contribution >= 4 is 22.6 Å². The Labute approximate surface area is 122 Å². The second kappa shape index (κ2) is 5.28. The number of anilines is 1. The maximum Gasteiger partial charge on any atom is 0.314 e. The normalized spacial score (nSPS) is 10.6. The summed E-state index contributed by atoms with van der Waals surface area (Å²) in [5, 5.41) is 2.59. The number of fused-ring (bicyclic) bond motifs is 1. The number of hydrogen-bond acceptors (Lipinski definition) is 3. The lowest BCUT2D eigenvalue weighted by Gasteiger charge is -2.06. The Balaban J connectivity index is 1.94. The van der Waals surface area contributed by atoms with E-state index >= 15 is 0 Å². The first-order chi connectivity index (χ1) is 10.5. The first-order valence-electron chi connectivity index (χ1n) is 6.36. The van der Waals surface area contributed by atoms with Crippen LogP contribution in [-0.4, -0.2) is 15.9 Å². The number of benzene rings is 2. The molecule has 0 aliphatic heterocycles.